The van der Waals surface area contributed by atoms with Gasteiger partial charge in [0.2, 0.25) is 6.33 Å². The van der Waals surface area contributed by atoms with E-state index in [1.807, 2.05) is 0 Å². The van der Waals surface area contributed by atoms with Crippen LogP contribution in [0.2, 0.25) is 0 Å². The maximum atomic E-state index is 2.44. The third-order valence-electron chi connectivity index (χ3n) is 4.73. The maximum Gasteiger partial charge on any atom is 0.243 e. The summed E-state index contributed by atoms with van der Waals surface area (Å²) in [6.07, 6.45) is 23.7. The second-order valence-electron chi connectivity index (χ2n) is 6.51. The van der Waals surface area contributed by atoms with E-state index >= 15 is 0 Å². The minimum atomic E-state index is 0. The van der Waals surface area contributed by atoms with Gasteiger partial charge >= 0.3 is 0 Å². The molecule has 0 N–H and O–H groups in total. The van der Waals surface area contributed by atoms with Gasteiger partial charge in [-0.25, -0.2) is 9.13 Å². The van der Waals surface area contributed by atoms with E-state index in [-0.39, 0.29) is 17.0 Å². The van der Waals surface area contributed by atoms with Crippen molar-refractivity contribution in [3.8, 4) is 0 Å². The molecule has 0 atom stereocenters. The van der Waals surface area contributed by atoms with Crippen LogP contribution in [0.3, 0.4) is 0 Å². The average Bonchev–Trinajstić information content (AvgIpc) is 3.12. The van der Waals surface area contributed by atoms with E-state index in [1.165, 1.54) is 83.6 Å². The number of halogens is 1. The fraction of sp³-hybridized carbons (Fsp3) is 0.833. The van der Waals surface area contributed by atoms with Crippen molar-refractivity contribution in [2.45, 2.75) is 96.6 Å². The summed E-state index contributed by atoms with van der Waals surface area (Å²) in [5.41, 5.74) is 0. The lowest BCUT2D eigenvalue weighted by atomic mass is 10.1. The van der Waals surface area contributed by atoms with Crippen molar-refractivity contribution in [1.82, 2.24) is 4.57 Å². The Morgan fingerprint density at radius 3 is 2.24 bits per heavy atom. The van der Waals surface area contributed by atoms with Gasteiger partial charge in [0.15, 0.2) is 0 Å². The Kier molecular flexibility index (Phi) is 10.1. The number of nitrogens with zero attached hydrogens (tertiary/aromatic N) is 2. The van der Waals surface area contributed by atoms with Gasteiger partial charge in [0, 0.05) is 0 Å². The van der Waals surface area contributed by atoms with E-state index in [2.05, 4.69) is 34.8 Å². The predicted octanol–water partition coefficient (Wildman–Crippen LogP) is 2.04. The fourth-order valence-corrected chi connectivity index (χ4v) is 3.39. The topological polar surface area (TPSA) is 8.81 Å². The van der Waals surface area contributed by atoms with Crippen molar-refractivity contribution in [2.75, 3.05) is 0 Å². The third-order valence-corrected chi connectivity index (χ3v) is 4.73. The largest absolute Gasteiger partial charge is 1.00 e. The molecule has 0 radical (unpaired) electrons. The Balaban J connectivity index is 0.00000220. The van der Waals surface area contributed by atoms with Crippen molar-refractivity contribution in [1.29, 1.82) is 0 Å². The Morgan fingerprint density at radius 1 is 0.952 bits per heavy atom. The zero-order chi connectivity index (χ0) is 14.0. The van der Waals surface area contributed by atoms with Crippen LogP contribution < -0.4 is 21.5 Å². The van der Waals surface area contributed by atoms with Gasteiger partial charge in [0.25, 0.3) is 0 Å². The number of hydrogen-bond acceptors (Lipinski definition) is 0. The number of unbranched alkanes of at least 4 members (excludes halogenated alkanes) is 7. The highest BCUT2D eigenvalue weighted by molar-refractivity contribution is 4.79. The molecule has 1 aliphatic rings. The highest BCUT2D eigenvalue weighted by Crippen LogP contribution is 2.28. The molecule has 3 heteroatoms. The summed E-state index contributed by atoms with van der Waals surface area (Å²) >= 11 is 0. The van der Waals surface area contributed by atoms with Gasteiger partial charge in [-0.15, -0.1) is 0 Å². The molecule has 1 saturated carbocycles. The van der Waals surface area contributed by atoms with Crippen LogP contribution in [-0.4, -0.2) is 4.57 Å². The Bertz CT molecular complexity index is 356. The summed E-state index contributed by atoms with van der Waals surface area (Å²) in [6, 6.07) is 0.787. The van der Waals surface area contributed by atoms with Crippen LogP contribution in [-0.2, 0) is 6.54 Å². The normalized spacial score (nSPS) is 15.3. The molecule has 0 unspecified atom stereocenters. The molecule has 1 aromatic heterocycles. The summed E-state index contributed by atoms with van der Waals surface area (Å²) in [5, 5.41) is 0. The van der Waals surface area contributed by atoms with Gasteiger partial charge in [-0.2, -0.15) is 0 Å². The molecule has 2 nitrogen and oxygen atoms in total. The average molecular weight is 357 g/mol. The number of aromatic nitrogens is 2. The second kappa shape index (κ2) is 11.3. The van der Waals surface area contributed by atoms with Gasteiger partial charge in [-0.3, -0.25) is 0 Å². The summed E-state index contributed by atoms with van der Waals surface area (Å²) in [7, 11) is 0. The van der Waals surface area contributed by atoms with Crippen LogP contribution in [0.4, 0.5) is 0 Å². The highest BCUT2D eigenvalue weighted by atomic mass is 79.9. The van der Waals surface area contributed by atoms with Crippen molar-refractivity contribution in [3.63, 3.8) is 0 Å². The lowest BCUT2D eigenvalue weighted by molar-refractivity contribution is -0.697. The third kappa shape index (κ3) is 6.99. The van der Waals surface area contributed by atoms with Gasteiger partial charge < -0.3 is 17.0 Å². The van der Waals surface area contributed by atoms with Gasteiger partial charge in [0.05, 0.1) is 6.54 Å². The molecular formula is C18H33BrN2. The molecule has 0 bridgehead atoms. The van der Waals surface area contributed by atoms with E-state index in [4.69, 9.17) is 0 Å². The van der Waals surface area contributed by atoms with Crippen LogP contribution in [0.1, 0.15) is 90.0 Å². The van der Waals surface area contributed by atoms with Crippen LogP contribution in [0, 0.1) is 0 Å². The molecule has 1 heterocycles. The van der Waals surface area contributed by atoms with E-state index in [1.54, 1.807) is 0 Å². The van der Waals surface area contributed by atoms with E-state index in [9.17, 15) is 0 Å². The summed E-state index contributed by atoms with van der Waals surface area (Å²) in [6.45, 7) is 3.49. The zero-order valence-electron chi connectivity index (χ0n) is 13.8. The smallest absolute Gasteiger partial charge is 0.243 e. The first kappa shape index (κ1) is 18.7. The first-order chi connectivity index (χ1) is 9.90. The Labute approximate surface area is 141 Å². The molecule has 2 rings (SSSR count). The van der Waals surface area contributed by atoms with Crippen LogP contribution in [0.25, 0.3) is 0 Å². The lowest BCUT2D eigenvalue weighted by Crippen LogP contribution is -3.00. The first-order valence-electron chi connectivity index (χ1n) is 8.96. The molecule has 0 aliphatic heterocycles. The highest BCUT2D eigenvalue weighted by Gasteiger charge is 2.21. The maximum absolute atomic E-state index is 2.44. The molecular weight excluding hydrogens is 324 g/mol. The Hall–Kier alpha value is -0.310. The molecule has 1 fully saturated rings. The number of rotatable bonds is 10. The van der Waals surface area contributed by atoms with Crippen LogP contribution in [0.15, 0.2) is 18.7 Å². The fourth-order valence-electron chi connectivity index (χ4n) is 3.39. The van der Waals surface area contributed by atoms with Gasteiger partial charge in [-0.05, 0) is 38.5 Å². The summed E-state index contributed by atoms with van der Waals surface area (Å²) < 4.78 is 4.83. The first-order valence-corrected chi connectivity index (χ1v) is 8.96. The molecule has 1 aliphatic carbocycles. The Morgan fingerprint density at radius 2 is 1.57 bits per heavy atom. The van der Waals surface area contributed by atoms with Crippen molar-refractivity contribution in [2.24, 2.45) is 0 Å². The van der Waals surface area contributed by atoms with Gasteiger partial charge in [-0.1, -0.05) is 45.4 Å². The van der Waals surface area contributed by atoms with Gasteiger partial charge in [0.1, 0.15) is 18.4 Å². The number of imidazole rings is 1. The molecule has 0 aromatic carbocycles. The van der Waals surface area contributed by atoms with E-state index < -0.39 is 0 Å². The molecule has 0 saturated heterocycles. The minimum absolute atomic E-state index is 0. The minimum Gasteiger partial charge on any atom is -1.00 e. The quantitative estimate of drug-likeness (QED) is 0.448. The van der Waals surface area contributed by atoms with E-state index in [0.717, 1.165) is 6.04 Å². The number of aryl methyl sites for hydroxylation is 1. The standard InChI is InChI=1S/C18H33N2.BrH/c1-2-3-4-5-6-7-8-11-14-19-15-16-20(17-19)18-12-9-10-13-18;/h15-18H,2-14H2,1H3;1H/q+1;/p-1. The SMILES string of the molecule is CCCCCCCCCC[n+]1ccn(C2CCCC2)c1.[Br-]. The van der Waals surface area contributed by atoms with Crippen LogP contribution >= 0.6 is 0 Å². The second-order valence-corrected chi connectivity index (χ2v) is 6.51. The number of hydrogen-bond donors (Lipinski definition) is 0. The van der Waals surface area contributed by atoms with Crippen molar-refractivity contribution < 1.29 is 21.5 Å². The molecule has 122 valence electrons. The van der Waals surface area contributed by atoms with Crippen molar-refractivity contribution >= 4 is 0 Å². The summed E-state index contributed by atoms with van der Waals surface area (Å²) in [4.78, 5) is 0. The predicted molar refractivity (Wildman–Crippen MR) is 84.7 cm³/mol. The monoisotopic (exact) mass is 356 g/mol. The molecule has 0 amide bonds. The molecule has 1 aromatic rings. The lowest BCUT2D eigenvalue weighted by Gasteiger charge is -2.03. The zero-order valence-corrected chi connectivity index (χ0v) is 15.4. The van der Waals surface area contributed by atoms with E-state index in [0.29, 0.717) is 0 Å². The van der Waals surface area contributed by atoms with Crippen LogP contribution in [0.5, 0.6) is 0 Å². The molecule has 21 heavy (non-hydrogen) atoms. The van der Waals surface area contributed by atoms with Crippen molar-refractivity contribution in [3.05, 3.63) is 18.7 Å². The molecule has 0 spiro atoms. The summed E-state index contributed by atoms with van der Waals surface area (Å²) in [5.74, 6) is 0.